The fraction of sp³-hybridized carbons (Fsp3) is 0.529. The molecule has 3 heterocycles. The highest BCUT2D eigenvalue weighted by molar-refractivity contribution is 6.62. The second-order valence-corrected chi connectivity index (χ2v) is 6.11. The Morgan fingerprint density at radius 3 is 2.52 bits per heavy atom. The summed E-state index contributed by atoms with van der Waals surface area (Å²) in [5.41, 5.74) is 1.43. The van der Waals surface area contributed by atoms with Crippen molar-refractivity contribution in [2.75, 3.05) is 0 Å². The van der Waals surface area contributed by atoms with E-state index in [1.165, 1.54) is 0 Å². The van der Waals surface area contributed by atoms with Gasteiger partial charge in [-0.05, 0) is 38.7 Å². The van der Waals surface area contributed by atoms with Crippen molar-refractivity contribution in [2.24, 2.45) is 0 Å². The summed E-state index contributed by atoms with van der Waals surface area (Å²) in [5.74, 6) is 0. The molecule has 0 bridgehead atoms. The SMILES string of the molecule is CC.CCC1(C)OB(c2ccc3ncc(C#N)n3c2)OC1(C)C. The lowest BCUT2D eigenvalue weighted by Gasteiger charge is -2.35. The quantitative estimate of drug-likeness (QED) is 0.800. The summed E-state index contributed by atoms with van der Waals surface area (Å²) in [7, 11) is -0.428. The summed E-state index contributed by atoms with van der Waals surface area (Å²) >= 11 is 0. The second kappa shape index (κ2) is 6.35. The van der Waals surface area contributed by atoms with Crippen molar-refractivity contribution in [3.63, 3.8) is 0 Å². The molecule has 2 aromatic heterocycles. The molecule has 1 unspecified atom stereocenters. The van der Waals surface area contributed by atoms with Crippen LogP contribution in [0.4, 0.5) is 0 Å². The van der Waals surface area contributed by atoms with E-state index in [1.807, 2.05) is 46.0 Å². The van der Waals surface area contributed by atoms with Crippen molar-refractivity contribution in [2.45, 2.75) is 59.2 Å². The number of hydrogen-bond donors (Lipinski definition) is 0. The molecule has 0 spiro atoms. The molecule has 1 aliphatic rings. The van der Waals surface area contributed by atoms with Gasteiger partial charge in [0, 0.05) is 6.20 Å². The van der Waals surface area contributed by atoms with Gasteiger partial charge in [0.15, 0.2) is 0 Å². The number of fused-ring (bicyclic) bond motifs is 1. The Kier molecular flexibility index (Phi) is 4.83. The van der Waals surface area contributed by atoms with Crippen LogP contribution >= 0.6 is 0 Å². The summed E-state index contributed by atoms with van der Waals surface area (Å²) in [6, 6.07) is 5.94. The van der Waals surface area contributed by atoms with Gasteiger partial charge in [-0.2, -0.15) is 5.26 Å². The van der Waals surface area contributed by atoms with Crippen LogP contribution in [-0.2, 0) is 9.31 Å². The summed E-state index contributed by atoms with van der Waals surface area (Å²) in [5, 5.41) is 9.11. The lowest BCUT2D eigenvalue weighted by atomic mass is 9.80. The number of aromatic nitrogens is 2. The number of imidazole rings is 1. The molecule has 23 heavy (non-hydrogen) atoms. The number of pyridine rings is 1. The van der Waals surface area contributed by atoms with Gasteiger partial charge >= 0.3 is 7.12 Å². The lowest BCUT2D eigenvalue weighted by molar-refractivity contribution is -0.0118. The second-order valence-electron chi connectivity index (χ2n) is 6.11. The van der Waals surface area contributed by atoms with E-state index in [0.717, 1.165) is 17.5 Å². The third-order valence-electron chi connectivity index (χ3n) is 4.63. The molecular weight excluding hydrogens is 289 g/mol. The summed E-state index contributed by atoms with van der Waals surface area (Å²) in [6.07, 6.45) is 4.30. The van der Waals surface area contributed by atoms with E-state index in [9.17, 15) is 0 Å². The minimum Gasteiger partial charge on any atom is -0.399 e. The zero-order valence-electron chi connectivity index (χ0n) is 14.8. The van der Waals surface area contributed by atoms with Gasteiger partial charge in [0.05, 0.1) is 17.4 Å². The molecule has 1 saturated heterocycles. The third kappa shape index (κ3) is 2.87. The fourth-order valence-corrected chi connectivity index (χ4v) is 2.66. The molecule has 0 N–H and O–H groups in total. The molecule has 0 aromatic carbocycles. The van der Waals surface area contributed by atoms with Crippen LogP contribution < -0.4 is 5.46 Å². The third-order valence-corrected chi connectivity index (χ3v) is 4.63. The molecule has 0 radical (unpaired) electrons. The van der Waals surface area contributed by atoms with Crippen molar-refractivity contribution in [1.29, 1.82) is 5.26 Å². The highest BCUT2D eigenvalue weighted by Gasteiger charge is 2.53. The van der Waals surface area contributed by atoms with Gasteiger partial charge in [-0.3, -0.25) is 4.40 Å². The Balaban J connectivity index is 0.000000924. The van der Waals surface area contributed by atoms with Crippen LogP contribution in [0.2, 0.25) is 0 Å². The van der Waals surface area contributed by atoms with Crippen LogP contribution in [0.3, 0.4) is 0 Å². The first-order valence-electron chi connectivity index (χ1n) is 8.13. The van der Waals surface area contributed by atoms with Gasteiger partial charge in [0.1, 0.15) is 17.4 Å². The molecule has 122 valence electrons. The summed E-state index contributed by atoms with van der Waals surface area (Å²) in [4.78, 5) is 4.19. The van der Waals surface area contributed by atoms with Crippen LogP contribution in [0, 0.1) is 11.3 Å². The number of hydrogen-bond acceptors (Lipinski definition) is 4. The Hall–Kier alpha value is -1.84. The molecule has 3 rings (SSSR count). The van der Waals surface area contributed by atoms with Crippen molar-refractivity contribution in [1.82, 2.24) is 9.38 Å². The average Bonchev–Trinajstić information content (AvgIpc) is 3.07. The summed E-state index contributed by atoms with van der Waals surface area (Å²) < 4.78 is 14.0. The Morgan fingerprint density at radius 1 is 1.26 bits per heavy atom. The molecule has 1 fully saturated rings. The van der Waals surface area contributed by atoms with Crippen LogP contribution in [0.25, 0.3) is 5.65 Å². The predicted octanol–water partition coefficient (Wildman–Crippen LogP) is 2.92. The average molecular weight is 313 g/mol. The van der Waals surface area contributed by atoms with Gasteiger partial charge in [-0.15, -0.1) is 0 Å². The molecule has 0 aliphatic carbocycles. The monoisotopic (exact) mass is 313 g/mol. The van der Waals surface area contributed by atoms with E-state index >= 15 is 0 Å². The molecule has 1 atom stereocenters. The van der Waals surface area contributed by atoms with E-state index in [-0.39, 0.29) is 11.2 Å². The van der Waals surface area contributed by atoms with Crippen LogP contribution in [0.5, 0.6) is 0 Å². The van der Waals surface area contributed by atoms with E-state index in [1.54, 1.807) is 10.6 Å². The van der Waals surface area contributed by atoms with Gasteiger partial charge in [-0.1, -0.05) is 26.8 Å². The first-order valence-corrected chi connectivity index (χ1v) is 8.13. The smallest absolute Gasteiger partial charge is 0.399 e. The number of nitrogens with zero attached hydrogens (tertiary/aromatic N) is 3. The van der Waals surface area contributed by atoms with E-state index in [4.69, 9.17) is 14.6 Å². The fourth-order valence-electron chi connectivity index (χ4n) is 2.66. The molecule has 0 amide bonds. The van der Waals surface area contributed by atoms with Crippen LogP contribution in [0.15, 0.2) is 24.5 Å². The van der Waals surface area contributed by atoms with Gasteiger partial charge < -0.3 is 9.31 Å². The normalized spacial score (nSPS) is 22.6. The van der Waals surface area contributed by atoms with E-state index in [2.05, 4.69) is 24.9 Å². The summed E-state index contributed by atoms with van der Waals surface area (Å²) in [6.45, 7) is 12.3. The molecule has 6 heteroatoms. The highest BCUT2D eigenvalue weighted by atomic mass is 16.7. The lowest BCUT2D eigenvalue weighted by Crippen LogP contribution is -2.44. The molecule has 2 aromatic rings. The molecule has 1 aliphatic heterocycles. The van der Waals surface area contributed by atoms with Crippen molar-refractivity contribution >= 4 is 18.2 Å². The van der Waals surface area contributed by atoms with Crippen LogP contribution in [-0.4, -0.2) is 27.7 Å². The van der Waals surface area contributed by atoms with Gasteiger partial charge in [0.25, 0.3) is 0 Å². The van der Waals surface area contributed by atoms with E-state index < -0.39 is 7.12 Å². The maximum atomic E-state index is 9.11. The number of rotatable bonds is 2. The molecular formula is C17H24BN3O2. The first kappa shape index (κ1) is 17.5. The Bertz CT molecular complexity index is 735. The maximum absolute atomic E-state index is 9.11. The van der Waals surface area contributed by atoms with Crippen molar-refractivity contribution in [3.05, 3.63) is 30.2 Å². The minimum atomic E-state index is -0.428. The predicted molar refractivity (Wildman–Crippen MR) is 91.6 cm³/mol. The molecule has 0 saturated carbocycles. The topological polar surface area (TPSA) is 59.5 Å². The zero-order chi connectivity index (χ0) is 17.3. The minimum absolute atomic E-state index is 0.334. The van der Waals surface area contributed by atoms with Crippen molar-refractivity contribution in [3.8, 4) is 6.07 Å². The zero-order valence-corrected chi connectivity index (χ0v) is 14.8. The number of nitriles is 1. The Labute approximate surface area is 138 Å². The van der Waals surface area contributed by atoms with E-state index in [0.29, 0.717) is 5.69 Å². The molecule has 5 nitrogen and oxygen atoms in total. The largest absolute Gasteiger partial charge is 0.496 e. The highest BCUT2D eigenvalue weighted by Crippen LogP contribution is 2.39. The standard InChI is InChI=1S/C15H18BN3O2.C2H6/c1-5-15(4)14(2,3)20-16(21-15)11-6-7-13-18-9-12(8-17)19(13)10-11;1-2/h6-7,9-10H,5H2,1-4H3;1-2H3. The Morgan fingerprint density at radius 2 is 1.96 bits per heavy atom. The van der Waals surface area contributed by atoms with Gasteiger partial charge in [0.2, 0.25) is 0 Å². The first-order chi connectivity index (χ1) is 10.9. The van der Waals surface area contributed by atoms with Crippen molar-refractivity contribution < 1.29 is 9.31 Å². The van der Waals surface area contributed by atoms with Crippen LogP contribution in [0.1, 0.15) is 53.7 Å². The maximum Gasteiger partial charge on any atom is 0.496 e. The van der Waals surface area contributed by atoms with Gasteiger partial charge in [-0.25, -0.2) is 4.98 Å².